The van der Waals surface area contributed by atoms with Crippen LogP contribution in [0.25, 0.3) is 11.0 Å². The maximum Gasteiger partial charge on any atom is 0.418 e. The van der Waals surface area contributed by atoms with Gasteiger partial charge in [0.25, 0.3) is 5.91 Å². The van der Waals surface area contributed by atoms with Crippen LogP contribution in [0.3, 0.4) is 0 Å². The number of imidazole rings is 1. The van der Waals surface area contributed by atoms with Crippen LogP contribution in [0.5, 0.6) is 0 Å². The second-order valence-corrected chi connectivity index (χ2v) is 9.31. The number of carbonyl (C=O) groups is 1. The largest absolute Gasteiger partial charge is 0.418 e. The van der Waals surface area contributed by atoms with Gasteiger partial charge in [0.15, 0.2) is 5.11 Å². The topological polar surface area (TPSA) is 86.8 Å². The standard InChI is InChI=1S/C24H23F3N6O2S/c1-28-13-18-16(24(25,26)27)10-15(12-29-18)32-21(35)23(7-3-8-23)33(22(32)36)14-4-5-19-17(11-14)30-20(6-9-34)31(19)2/h4-5,10-12,34H,1,3,6-9,13H2,2H3. The Labute approximate surface area is 210 Å². The summed E-state index contributed by atoms with van der Waals surface area (Å²) in [6.45, 7) is 2.92. The lowest BCUT2D eigenvalue weighted by Gasteiger charge is -2.43. The second kappa shape index (κ2) is 8.63. The van der Waals surface area contributed by atoms with Gasteiger partial charge < -0.3 is 14.6 Å². The maximum absolute atomic E-state index is 13.8. The molecule has 188 valence electrons. The predicted molar refractivity (Wildman–Crippen MR) is 133 cm³/mol. The van der Waals surface area contributed by atoms with Gasteiger partial charge in [0, 0.05) is 19.2 Å². The predicted octanol–water partition coefficient (Wildman–Crippen LogP) is 3.78. The van der Waals surface area contributed by atoms with Gasteiger partial charge in [0.2, 0.25) is 0 Å². The van der Waals surface area contributed by atoms with Crippen molar-refractivity contribution >= 4 is 52.4 Å². The summed E-state index contributed by atoms with van der Waals surface area (Å²) in [6.07, 6.45) is -1.23. The number of aromatic nitrogens is 3. The summed E-state index contributed by atoms with van der Waals surface area (Å²) < 4.78 is 43.2. The summed E-state index contributed by atoms with van der Waals surface area (Å²) in [6, 6.07) is 6.41. The molecule has 2 fully saturated rings. The number of benzene rings is 1. The Kier molecular flexibility index (Phi) is 5.83. The molecule has 0 unspecified atom stereocenters. The van der Waals surface area contributed by atoms with E-state index in [1.807, 2.05) is 29.8 Å². The summed E-state index contributed by atoms with van der Waals surface area (Å²) in [4.78, 5) is 28.7. The van der Waals surface area contributed by atoms with Crippen LogP contribution in [-0.4, -0.2) is 49.5 Å². The second-order valence-electron chi connectivity index (χ2n) is 8.94. The van der Waals surface area contributed by atoms with Crippen LogP contribution in [0, 0.1) is 0 Å². The first kappa shape index (κ1) is 24.3. The number of pyridine rings is 1. The zero-order chi connectivity index (χ0) is 25.8. The monoisotopic (exact) mass is 516 g/mol. The number of rotatable bonds is 6. The zero-order valence-corrected chi connectivity index (χ0v) is 20.2. The van der Waals surface area contributed by atoms with E-state index in [1.165, 1.54) is 6.20 Å². The zero-order valence-electron chi connectivity index (χ0n) is 19.4. The van der Waals surface area contributed by atoms with E-state index in [4.69, 9.17) is 12.2 Å². The molecular weight excluding hydrogens is 493 g/mol. The fraction of sp³-hybridized carbons (Fsp3) is 0.375. The van der Waals surface area contributed by atoms with E-state index < -0.39 is 17.3 Å². The number of hydrogen-bond acceptors (Lipinski definition) is 6. The van der Waals surface area contributed by atoms with Crippen molar-refractivity contribution in [3.8, 4) is 0 Å². The molecule has 1 aliphatic carbocycles. The van der Waals surface area contributed by atoms with E-state index in [-0.39, 0.29) is 35.6 Å². The number of aryl methyl sites for hydroxylation is 1. The van der Waals surface area contributed by atoms with E-state index in [0.29, 0.717) is 36.3 Å². The van der Waals surface area contributed by atoms with Crippen molar-refractivity contribution in [1.82, 2.24) is 14.5 Å². The molecule has 3 aromatic rings. The number of nitrogens with zero attached hydrogens (tertiary/aromatic N) is 6. The third-order valence-corrected chi connectivity index (χ3v) is 7.29. The fourth-order valence-electron chi connectivity index (χ4n) is 4.99. The van der Waals surface area contributed by atoms with Crippen LogP contribution in [-0.2, 0) is 31.0 Å². The van der Waals surface area contributed by atoms with Crippen molar-refractivity contribution in [2.24, 2.45) is 12.0 Å². The van der Waals surface area contributed by atoms with E-state index in [0.717, 1.165) is 22.9 Å². The molecule has 1 aliphatic heterocycles. The lowest BCUT2D eigenvalue weighted by atomic mass is 9.75. The molecule has 1 aromatic carbocycles. The fourth-order valence-corrected chi connectivity index (χ4v) is 5.46. The molecule has 1 N–H and O–H groups in total. The first-order chi connectivity index (χ1) is 17.1. The van der Waals surface area contributed by atoms with Gasteiger partial charge in [0.1, 0.15) is 11.4 Å². The average Bonchev–Trinajstić information content (AvgIpc) is 3.23. The number of anilines is 2. The van der Waals surface area contributed by atoms with Crippen LogP contribution in [0.2, 0.25) is 0 Å². The van der Waals surface area contributed by atoms with Gasteiger partial charge in [-0.05, 0) is 62.5 Å². The molecule has 0 radical (unpaired) electrons. The Hall–Kier alpha value is -3.38. The molecule has 12 heteroatoms. The van der Waals surface area contributed by atoms with Crippen LogP contribution in [0.15, 0.2) is 35.5 Å². The van der Waals surface area contributed by atoms with E-state index >= 15 is 0 Å². The van der Waals surface area contributed by atoms with Gasteiger partial charge in [-0.3, -0.25) is 19.7 Å². The lowest BCUT2D eigenvalue weighted by Crippen LogP contribution is -2.55. The first-order valence-corrected chi connectivity index (χ1v) is 11.8. The molecule has 2 aromatic heterocycles. The Balaban J connectivity index is 1.59. The van der Waals surface area contributed by atoms with Crippen molar-refractivity contribution < 1.29 is 23.1 Å². The van der Waals surface area contributed by atoms with Crippen molar-refractivity contribution in [2.45, 2.75) is 43.9 Å². The normalized spacial score (nSPS) is 17.4. The number of halogens is 3. The van der Waals surface area contributed by atoms with Crippen molar-refractivity contribution in [1.29, 1.82) is 0 Å². The average molecular weight is 517 g/mol. The van der Waals surface area contributed by atoms with Crippen LogP contribution >= 0.6 is 12.2 Å². The molecule has 1 amide bonds. The summed E-state index contributed by atoms with van der Waals surface area (Å²) in [5, 5.41) is 9.41. The number of aliphatic hydroxyl groups is 1. The Morgan fingerprint density at radius 1 is 1.25 bits per heavy atom. The number of amides is 1. The summed E-state index contributed by atoms with van der Waals surface area (Å²) in [7, 11) is 1.86. The number of fused-ring (bicyclic) bond motifs is 1. The SMILES string of the molecule is C=NCc1ncc(N2C(=O)C3(CCC3)N(c3ccc4c(c3)nc(CCO)n4C)C2=S)cc1C(F)(F)F. The molecule has 5 rings (SSSR count). The highest BCUT2D eigenvalue weighted by Crippen LogP contribution is 2.48. The molecule has 1 saturated heterocycles. The molecule has 0 atom stereocenters. The molecule has 36 heavy (non-hydrogen) atoms. The Morgan fingerprint density at radius 3 is 2.61 bits per heavy atom. The number of thiocarbonyl (C=S) groups is 1. The smallest absolute Gasteiger partial charge is 0.396 e. The summed E-state index contributed by atoms with van der Waals surface area (Å²) in [5.74, 6) is 0.343. The third kappa shape index (κ3) is 3.58. The van der Waals surface area contributed by atoms with Crippen molar-refractivity contribution in [3.05, 3.63) is 47.5 Å². The van der Waals surface area contributed by atoms with Gasteiger partial charge in [-0.1, -0.05) is 0 Å². The highest BCUT2D eigenvalue weighted by Gasteiger charge is 2.59. The van der Waals surface area contributed by atoms with Crippen molar-refractivity contribution in [2.75, 3.05) is 16.4 Å². The van der Waals surface area contributed by atoms with Crippen molar-refractivity contribution in [3.63, 3.8) is 0 Å². The number of aliphatic hydroxyl groups excluding tert-OH is 1. The van der Waals surface area contributed by atoms with E-state index in [2.05, 4.69) is 21.7 Å². The molecule has 0 bridgehead atoms. The van der Waals surface area contributed by atoms with Crippen LogP contribution < -0.4 is 9.80 Å². The van der Waals surface area contributed by atoms with Crippen LogP contribution in [0.4, 0.5) is 24.5 Å². The molecule has 1 spiro atoms. The molecular formula is C24H23F3N6O2S. The number of alkyl halides is 3. The van der Waals surface area contributed by atoms with Crippen LogP contribution in [0.1, 0.15) is 36.3 Å². The van der Waals surface area contributed by atoms with E-state index in [1.54, 1.807) is 4.90 Å². The summed E-state index contributed by atoms with van der Waals surface area (Å²) in [5.41, 5.74) is -0.0970. The number of carbonyl (C=O) groups excluding carboxylic acids is 1. The summed E-state index contributed by atoms with van der Waals surface area (Å²) >= 11 is 5.70. The van der Waals surface area contributed by atoms with Gasteiger partial charge in [0.05, 0.1) is 47.3 Å². The minimum Gasteiger partial charge on any atom is -0.396 e. The number of aliphatic imine (C=N–C) groups is 1. The molecule has 2 aliphatic rings. The highest BCUT2D eigenvalue weighted by atomic mass is 32.1. The Bertz CT molecular complexity index is 1400. The Morgan fingerprint density at radius 2 is 2.00 bits per heavy atom. The minimum absolute atomic E-state index is 0.0388. The van der Waals surface area contributed by atoms with Gasteiger partial charge >= 0.3 is 6.18 Å². The van der Waals surface area contributed by atoms with Gasteiger partial charge in [-0.2, -0.15) is 13.2 Å². The van der Waals surface area contributed by atoms with Gasteiger partial charge in [-0.25, -0.2) is 4.98 Å². The van der Waals surface area contributed by atoms with Gasteiger partial charge in [-0.15, -0.1) is 0 Å². The highest BCUT2D eigenvalue weighted by molar-refractivity contribution is 7.81. The molecule has 1 saturated carbocycles. The number of hydrogen-bond donors (Lipinski definition) is 1. The minimum atomic E-state index is -4.68. The van der Waals surface area contributed by atoms with E-state index in [9.17, 15) is 23.1 Å². The molecule has 3 heterocycles. The third-order valence-electron chi connectivity index (χ3n) is 6.92. The first-order valence-electron chi connectivity index (χ1n) is 11.4. The lowest BCUT2D eigenvalue weighted by molar-refractivity contribution is -0.138. The molecule has 8 nitrogen and oxygen atoms in total. The maximum atomic E-state index is 13.8. The quantitative estimate of drug-likeness (QED) is 0.397.